The van der Waals surface area contributed by atoms with Crippen molar-refractivity contribution in [2.45, 2.75) is 52.0 Å². The van der Waals surface area contributed by atoms with Crippen LogP contribution in [0.1, 0.15) is 46.0 Å². The van der Waals surface area contributed by atoms with E-state index in [0.29, 0.717) is 0 Å². The summed E-state index contributed by atoms with van der Waals surface area (Å²) in [4.78, 5) is 2.70. The average Bonchev–Trinajstić information content (AvgIpc) is 3.02. The summed E-state index contributed by atoms with van der Waals surface area (Å²) in [5.41, 5.74) is 0. The second-order valence-corrected chi connectivity index (χ2v) is 4.90. The van der Waals surface area contributed by atoms with Crippen LogP contribution in [0.4, 0.5) is 0 Å². The van der Waals surface area contributed by atoms with Crippen molar-refractivity contribution in [3.8, 4) is 0 Å². The second kappa shape index (κ2) is 6.73. The zero-order valence-corrected chi connectivity index (χ0v) is 10.6. The molecule has 0 aromatic heterocycles. The Labute approximate surface area is 94.7 Å². The van der Waals surface area contributed by atoms with Gasteiger partial charge in [-0.3, -0.25) is 0 Å². The third-order valence-electron chi connectivity index (χ3n) is 3.19. The third kappa shape index (κ3) is 4.22. The molecule has 1 saturated carbocycles. The van der Waals surface area contributed by atoms with Crippen LogP contribution in [0.15, 0.2) is 0 Å². The summed E-state index contributed by atoms with van der Waals surface area (Å²) in [5.74, 6) is 1.85. The predicted octanol–water partition coefficient (Wildman–Crippen LogP) is 3.21. The SMILES string of the molecule is CCCCN(CC(CC)CS)C1CC1. The molecule has 0 saturated heterocycles. The Kier molecular flexibility index (Phi) is 5.95. The highest BCUT2D eigenvalue weighted by molar-refractivity contribution is 7.80. The van der Waals surface area contributed by atoms with E-state index in [1.54, 1.807) is 0 Å². The number of rotatable bonds is 8. The lowest BCUT2D eigenvalue weighted by Gasteiger charge is -2.26. The minimum absolute atomic E-state index is 0.802. The van der Waals surface area contributed by atoms with Gasteiger partial charge in [-0.15, -0.1) is 0 Å². The van der Waals surface area contributed by atoms with Gasteiger partial charge in [-0.25, -0.2) is 0 Å². The highest BCUT2D eigenvalue weighted by Crippen LogP contribution is 2.28. The fourth-order valence-corrected chi connectivity index (χ4v) is 2.25. The molecule has 1 aliphatic carbocycles. The molecular formula is C12H25NS. The second-order valence-electron chi connectivity index (χ2n) is 4.54. The molecule has 0 spiro atoms. The molecule has 0 amide bonds. The summed E-state index contributed by atoms with van der Waals surface area (Å²) < 4.78 is 0. The lowest BCUT2D eigenvalue weighted by atomic mass is 10.1. The van der Waals surface area contributed by atoms with Crippen molar-refractivity contribution in [3.05, 3.63) is 0 Å². The van der Waals surface area contributed by atoms with E-state index in [4.69, 9.17) is 0 Å². The zero-order valence-electron chi connectivity index (χ0n) is 9.71. The predicted molar refractivity (Wildman–Crippen MR) is 67.1 cm³/mol. The summed E-state index contributed by atoms with van der Waals surface area (Å²) in [6.07, 6.45) is 6.83. The van der Waals surface area contributed by atoms with Crippen LogP contribution in [0.2, 0.25) is 0 Å². The van der Waals surface area contributed by atoms with Crippen molar-refractivity contribution >= 4 is 12.6 Å². The van der Waals surface area contributed by atoms with Gasteiger partial charge in [0.2, 0.25) is 0 Å². The van der Waals surface area contributed by atoms with Crippen molar-refractivity contribution < 1.29 is 0 Å². The van der Waals surface area contributed by atoms with E-state index >= 15 is 0 Å². The molecule has 0 aromatic carbocycles. The quantitative estimate of drug-likeness (QED) is 0.609. The summed E-state index contributed by atoms with van der Waals surface area (Å²) in [5, 5.41) is 0. The van der Waals surface area contributed by atoms with Gasteiger partial charge in [0.15, 0.2) is 0 Å². The zero-order chi connectivity index (χ0) is 10.4. The van der Waals surface area contributed by atoms with Gasteiger partial charge < -0.3 is 4.90 Å². The van der Waals surface area contributed by atoms with Crippen LogP contribution in [0, 0.1) is 5.92 Å². The molecule has 0 radical (unpaired) electrons. The van der Waals surface area contributed by atoms with E-state index < -0.39 is 0 Å². The first kappa shape index (κ1) is 12.4. The van der Waals surface area contributed by atoms with Crippen LogP contribution in [0.5, 0.6) is 0 Å². The summed E-state index contributed by atoms with van der Waals surface area (Å²) >= 11 is 4.42. The Bertz CT molecular complexity index is 141. The van der Waals surface area contributed by atoms with Gasteiger partial charge in [-0.05, 0) is 37.5 Å². The molecule has 1 fully saturated rings. The van der Waals surface area contributed by atoms with Crippen LogP contribution in [0.25, 0.3) is 0 Å². The minimum Gasteiger partial charge on any atom is -0.300 e. The van der Waals surface area contributed by atoms with E-state index in [1.807, 2.05) is 0 Å². The highest BCUT2D eigenvalue weighted by atomic mass is 32.1. The fourth-order valence-electron chi connectivity index (χ4n) is 1.87. The Morgan fingerprint density at radius 2 is 2.07 bits per heavy atom. The lowest BCUT2D eigenvalue weighted by Crippen LogP contribution is -2.33. The van der Waals surface area contributed by atoms with Gasteiger partial charge in [-0.1, -0.05) is 26.7 Å². The molecule has 1 atom stereocenters. The maximum atomic E-state index is 4.42. The maximum Gasteiger partial charge on any atom is 0.00965 e. The Balaban J connectivity index is 2.26. The first-order chi connectivity index (χ1) is 6.81. The summed E-state index contributed by atoms with van der Waals surface area (Å²) in [6.45, 7) is 7.16. The standard InChI is InChI=1S/C12H25NS/c1-3-5-8-13(12-6-7-12)9-11(4-2)10-14/h11-12,14H,3-10H2,1-2H3. The molecular weight excluding hydrogens is 190 g/mol. The van der Waals surface area contributed by atoms with Crippen LogP contribution in [0.3, 0.4) is 0 Å². The number of nitrogens with zero attached hydrogens (tertiary/aromatic N) is 1. The van der Waals surface area contributed by atoms with Crippen LogP contribution in [-0.2, 0) is 0 Å². The van der Waals surface area contributed by atoms with Gasteiger partial charge >= 0.3 is 0 Å². The van der Waals surface area contributed by atoms with E-state index in [1.165, 1.54) is 45.2 Å². The molecule has 2 heteroatoms. The summed E-state index contributed by atoms with van der Waals surface area (Å²) in [6, 6.07) is 0.926. The topological polar surface area (TPSA) is 3.24 Å². The van der Waals surface area contributed by atoms with Gasteiger partial charge in [-0.2, -0.15) is 12.6 Å². The largest absolute Gasteiger partial charge is 0.300 e. The van der Waals surface area contributed by atoms with Crippen molar-refractivity contribution in [1.82, 2.24) is 4.90 Å². The molecule has 0 bridgehead atoms. The molecule has 1 rings (SSSR count). The van der Waals surface area contributed by atoms with Crippen molar-refractivity contribution in [1.29, 1.82) is 0 Å². The first-order valence-electron chi connectivity index (χ1n) is 6.16. The van der Waals surface area contributed by atoms with Gasteiger partial charge in [0.05, 0.1) is 0 Å². The minimum atomic E-state index is 0.802. The molecule has 1 nitrogen and oxygen atoms in total. The van der Waals surface area contributed by atoms with E-state index in [-0.39, 0.29) is 0 Å². The van der Waals surface area contributed by atoms with Crippen LogP contribution < -0.4 is 0 Å². The molecule has 0 heterocycles. The lowest BCUT2D eigenvalue weighted by molar-refractivity contribution is 0.224. The highest BCUT2D eigenvalue weighted by Gasteiger charge is 2.29. The molecule has 0 aromatic rings. The smallest absolute Gasteiger partial charge is 0.00965 e. The van der Waals surface area contributed by atoms with Gasteiger partial charge in [0, 0.05) is 12.6 Å². The Morgan fingerprint density at radius 1 is 1.36 bits per heavy atom. The van der Waals surface area contributed by atoms with Crippen LogP contribution >= 0.6 is 12.6 Å². The van der Waals surface area contributed by atoms with Crippen molar-refractivity contribution in [2.75, 3.05) is 18.8 Å². The monoisotopic (exact) mass is 215 g/mol. The van der Waals surface area contributed by atoms with Gasteiger partial charge in [0.1, 0.15) is 0 Å². The fraction of sp³-hybridized carbons (Fsp3) is 1.00. The Hall–Kier alpha value is 0.310. The number of hydrogen-bond donors (Lipinski definition) is 1. The molecule has 0 N–H and O–H groups in total. The molecule has 84 valence electrons. The summed E-state index contributed by atoms with van der Waals surface area (Å²) in [7, 11) is 0. The molecule has 1 aliphatic rings. The number of thiol groups is 1. The first-order valence-corrected chi connectivity index (χ1v) is 6.79. The van der Waals surface area contributed by atoms with Crippen molar-refractivity contribution in [3.63, 3.8) is 0 Å². The normalized spacial score (nSPS) is 18.9. The van der Waals surface area contributed by atoms with Crippen LogP contribution in [-0.4, -0.2) is 29.8 Å². The maximum absolute atomic E-state index is 4.42. The average molecular weight is 215 g/mol. The molecule has 1 unspecified atom stereocenters. The van der Waals surface area contributed by atoms with Crippen molar-refractivity contribution in [2.24, 2.45) is 5.92 Å². The Morgan fingerprint density at radius 3 is 2.50 bits per heavy atom. The molecule has 14 heavy (non-hydrogen) atoms. The van der Waals surface area contributed by atoms with E-state index in [0.717, 1.165) is 17.7 Å². The number of hydrogen-bond acceptors (Lipinski definition) is 2. The third-order valence-corrected chi connectivity index (χ3v) is 3.71. The van der Waals surface area contributed by atoms with Gasteiger partial charge in [0.25, 0.3) is 0 Å². The van der Waals surface area contributed by atoms with E-state index in [9.17, 15) is 0 Å². The number of unbranched alkanes of at least 4 members (excludes halogenated alkanes) is 1. The molecule has 0 aliphatic heterocycles. The van der Waals surface area contributed by atoms with E-state index in [2.05, 4.69) is 31.4 Å².